The number of aromatic nitrogens is 4. The van der Waals surface area contributed by atoms with Gasteiger partial charge in [0.1, 0.15) is 5.82 Å². The number of carbonyl (C=O) groups is 1. The normalized spacial score (nSPS) is 16.7. The lowest BCUT2D eigenvalue weighted by atomic mass is 9.96. The standard InChI is InChI=1S/C28H29F3N6O3/c1-16-26(17(2)36(34-16)15-18-8-6-5-7-9-18)33-27(38)21-14-25-32-20(13-24(28(29,30)31)37(25)35-21)19-10-11-22(39-3)23(12-19)40-4/h5-12,14,20,24,32H,13,15H2,1-4H3,(H,33,38). The predicted molar refractivity (Wildman–Crippen MR) is 143 cm³/mol. The maximum absolute atomic E-state index is 14.2. The highest BCUT2D eigenvalue weighted by molar-refractivity contribution is 6.04. The van der Waals surface area contributed by atoms with Crippen molar-refractivity contribution in [2.75, 3.05) is 24.9 Å². The van der Waals surface area contributed by atoms with Crippen LogP contribution in [-0.4, -0.2) is 45.9 Å². The summed E-state index contributed by atoms with van der Waals surface area (Å²) < 4.78 is 55.7. The van der Waals surface area contributed by atoms with Gasteiger partial charge in [-0.05, 0) is 37.1 Å². The van der Waals surface area contributed by atoms with E-state index in [1.54, 1.807) is 29.8 Å². The minimum Gasteiger partial charge on any atom is -0.493 e. The second-order valence-electron chi connectivity index (χ2n) is 9.61. The number of anilines is 2. The molecule has 2 unspecified atom stereocenters. The lowest BCUT2D eigenvalue weighted by Crippen LogP contribution is -2.35. The minimum absolute atomic E-state index is 0.0896. The number of aryl methyl sites for hydroxylation is 1. The highest BCUT2D eigenvalue weighted by Crippen LogP contribution is 2.44. The van der Waals surface area contributed by atoms with E-state index in [-0.39, 0.29) is 17.9 Å². The molecule has 2 aromatic heterocycles. The highest BCUT2D eigenvalue weighted by Gasteiger charge is 2.47. The Kier molecular flexibility index (Phi) is 7.17. The third-order valence-corrected chi connectivity index (χ3v) is 7.03. The number of hydrogen-bond acceptors (Lipinski definition) is 6. The maximum Gasteiger partial charge on any atom is 0.410 e. The van der Waals surface area contributed by atoms with Crippen molar-refractivity contribution in [3.8, 4) is 11.5 Å². The quantitative estimate of drug-likeness (QED) is 0.306. The number of rotatable bonds is 7. The van der Waals surface area contributed by atoms with Gasteiger partial charge in [-0.2, -0.15) is 23.4 Å². The van der Waals surface area contributed by atoms with Gasteiger partial charge in [0, 0.05) is 12.5 Å². The van der Waals surface area contributed by atoms with Crippen molar-refractivity contribution in [1.29, 1.82) is 0 Å². The predicted octanol–water partition coefficient (Wildman–Crippen LogP) is 5.67. The smallest absolute Gasteiger partial charge is 0.410 e. The molecule has 210 valence electrons. The van der Waals surface area contributed by atoms with Crippen molar-refractivity contribution in [1.82, 2.24) is 19.6 Å². The van der Waals surface area contributed by atoms with Crippen molar-refractivity contribution >= 4 is 17.4 Å². The topological polar surface area (TPSA) is 95.2 Å². The van der Waals surface area contributed by atoms with Gasteiger partial charge >= 0.3 is 6.18 Å². The molecule has 0 saturated heterocycles. The summed E-state index contributed by atoms with van der Waals surface area (Å²) in [4.78, 5) is 13.2. The van der Waals surface area contributed by atoms with Gasteiger partial charge in [0.2, 0.25) is 0 Å². The van der Waals surface area contributed by atoms with Gasteiger partial charge < -0.3 is 20.1 Å². The Hall–Kier alpha value is -4.48. The second-order valence-corrected chi connectivity index (χ2v) is 9.61. The number of hydrogen-bond donors (Lipinski definition) is 2. The molecule has 0 saturated carbocycles. The summed E-state index contributed by atoms with van der Waals surface area (Å²) >= 11 is 0. The highest BCUT2D eigenvalue weighted by atomic mass is 19.4. The van der Waals surface area contributed by atoms with E-state index in [4.69, 9.17) is 9.47 Å². The second kappa shape index (κ2) is 10.6. The summed E-state index contributed by atoms with van der Waals surface area (Å²) in [7, 11) is 2.95. The molecule has 5 rings (SSSR count). The van der Waals surface area contributed by atoms with E-state index in [9.17, 15) is 18.0 Å². The summed E-state index contributed by atoms with van der Waals surface area (Å²) in [5, 5.41) is 14.5. The van der Waals surface area contributed by atoms with E-state index < -0.39 is 24.2 Å². The van der Waals surface area contributed by atoms with Crippen molar-refractivity contribution in [3.63, 3.8) is 0 Å². The molecule has 40 heavy (non-hydrogen) atoms. The molecule has 1 aliphatic heterocycles. The van der Waals surface area contributed by atoms with Crippen LogP contribution in [0.4, 0.5) is 24.7 Å². The van der Waals surface area contributed by atoms with Gasteiger partial charge in [-0.25, -0.2) is 4.68 Å². The monoisotopic (exact) mass is 554 g/mol. The number of halogens is 3. The summed E-state index contributed by atoms with van der Waals surface area (Å²) in [5.74, 6) is 0.337. The SMILES string of the molecule is COc1ccc(C2CC(C(F)(F)F)n3nc(C(=O)Nc4c(C)nn(Cc5ccccc5)c4C)cc3N2)cc1OC. The van der Waals surface area contributed by atoms with Crippen LogP contribution in [0.1, 0.15) is 51.5 Å². The molecule has 0 radical (unpaired) electrons. The van der Waals surface area contributed by atoms with Gasteiger partial charge in [-0.15, -0.1) is 0 Å². The molecule has 0 spiro atoms. The van der Waals surface area contributed by atoms with Crippen LogP contribution in [0, 0.1) is 13.8 Å². The first-order valence-corrected chi connectivity index (χ1v) is 12.6. The van der Waals surface area contributed by atoms with E-state index in [0.29, 0.717) is 35.0 Å². The van der Waals surface area contributed by atoms with Crippen molar-refractivity contribution < 1.29 is 27.4 Å². The molecule has 9 nitrogen and oxygen atoms in total. The van der Waals surface area contributed by atoms with E-state index in [0.717, 1.165) is 15.9 Å². The molecule has 1 amide bonds. The molecule has 3 heterocycles. The largest absolute Gasteiger partial charge is 0.493 e. The third kappa shape index (κ3) is 5.21. The Morgan fingerprint density at radius 3 is 2.45 bits per heavy atom. The van der Waals surface area contributed by atoms with Gasteiger partial charge in [0.25, 0.3) is 5.91 Å². The summed E-state index contributed by atoms with van der Waals surface area (Å²) in [6.45, 7) is 4.10. The van der Waals surface area contributed by atoms with Crippen LogP contribution in [0.25, 0.3) is 0 Å². The van der Waals surface area contributed by atoms with E-state index in [2.05, 4.69) is 20.8 Å². The zero-order valence-corrected chi connectivity index (χ0v) is 22.4. The molecule has 0 fully saturated rings. The Morgan fingerprint density at radius 2 is 1.77 bits per heavy atom. The number of methoxy groups -OCH3 is 2. The first-order chi connectivity index (χ1) is 19.1. The molecule has 2 aromatic carbocycles. The molecule has 2 atom stereocenters. The Labute approximate surface area is 228 Å². The molecular formula is C28H29F3N6O3. The van der Waals surface area contributed by atoms with E-state index >= 15 is 0 Å². The summed E-state index contributed by atoms with van der Waals surface area (Å²) in [5.41, 5.74) is 3.29. The zero-order valence-electron chi connectivity index (χ0n) is 22.4. The Bertz CT molecular complexity index is 1530. The van der Waals surface area contributed by atoms with E-state index in [1.807, 2.05) is 37.3 Å². The van der Waals surface area contributed by atoms with Gasteiger partial charge in [-0.3, -0.25) is 9.48 Å². The van der Waals surface area contributed by atoms with Crippen LogP contribution in [0.5, 0.6) is 11.5 Å². The number of benzene rings is 2. The third-order valence-electron chi connectivity index (χ3n) is 7.03. The fraction of sp³-hybridized carbons (Fsp3) is 0.321. The molecule has 2 N–H and O–H groups in total. The molecule has 12 heteroatoms. The van der Waals surface area contributed by atoms with Crippen molar-refractivity contribution in [3.05, 3.63) is 82.8 Å². The molecule has 4 aromatic rings. The van der Waals surface area contributed by atoms with Crippen LogP contribution < -0.4 is 20.1 Å². The van der Waals surface area contributed by atoms with Gasteiger partial charge in [0.15, 0.2) is 23.2 Å². The van der Waals surface area contributed by atoms with Crippen LogP contribution >= 0.6 is 0 Å². The maximum atomic E-state index is 14.2. The first kappa shape index (κ1) is 27.1. The fourth-order valence-electron chi connectivity index (χ4n) is 4.94. The first-order valence-electron chi connectivity index (χ1n) is 12.6. The summed E-state index contributed by atoms with van der Waals surface area (Å²) in [6.07, 6.45) is -4.91. The Balaban J connectivity index is 1.41. The number of nitrogens with one attached hydrogen (secondary N) is 2. The van der Waals surface area contributed by atoms with Crippen LogP contribution in [-0.2, 0) is 6.54 Å². The van der Waals surface area contributed by atoms with Crippen molar-refractivity contribution in [2.45, 2.75) is 45.1 Å². The lowest BCUT2D eigenvalue weighted by molar-refractivity contribution is -0.173. The van der Waals surface area contributed by atoms with Gasteiger partial charge in [-0.1, -0.05) is 36.4 Å². The van der Waals surface area contributed by atoms with Crippen molar-refractivity contribution in [2.24, 2.45) is 0 Å². The fourth-order valence-corrected chi connectivity index (χ4v) is 4.94. The molecular weight excluding hydrogens is 525 g/mol. The number of alkyl halides is 3. The average molecular weight is 555 g/mol. The van der Waals surface area contributed by atoms with Crippen LogP contribution in [0.2, 0.25) is 0 Å². The lowest BCUT2D eigenvalue weighted by Gasteiger charge is -2.33. The minimum atomic E-state index is -4.59. The molecule has 1 aliphatic rings. The average Bonchev–Trinajstić information content (AvgIpc) is 3.48. The summed E-state index contributed by atoms with van der Waals surface area (Å²) in [6, 6.07) is 13.4. The number of nitrogens with zero attached hydrogens (tertiary/aromatic N) is 4. The number of carbonyl (C=O) groups excluding carboxylic acids is 1. The number of fused-ring (bicyclic) bond motifs is 1. The Morgan fingerprint density at radius 1 is 1.05 bits per heavy atom. The van der Waals surface area contributed by atoms with Crippen LogP contribution in [0.3, 0.4) is 0 Å². The van der Waals surface area contributed by atoms with Gasteiger partial charge in [0.05, 0.1) is 43.9 Å². The zero-order chi connectivity index (χ0) is 28.6. The van der Waals surface area contributed by atoms with Crippen LogP contribution in [0.15, 0.2) is 54.6 Å². The number of amides is 1. The van der Waals surface area contributed by atoms with E-state index in [1.165, 1.54) is 20.3 Å². The molecule has 0 bridgehead atoms. The number of ether oxygens (including phenoxy) is 2. The molecule has 0 aliphatic carbocycles.